The van der Waals surface area contributed by atoms with Gasteiger partial charge in [0, 0.05) is 0 Å². The Balaban J connectivity index is 3.38. The van der Waals surface area contributed by atoms with Crippen LogP contribution in [0, 0.1) is 12.0 Å². The van der Waals surface area contributed by atoms with E-state index in [1.165, 1.54) is 0 Å². The van der Waals surface area contributed by atoms with E-state index in [0.717, 1.165) is 0 Å². The quantitative estimate of drug-likeness (QED) is 0.390. The summed E-state index contributed by atoms with van der Waals surface area (Å²) in [5, 5.41) is 0. The van der Waals surface area contributed by atoms with Gasteiger partial charge in [0.05, 0.1) is 0 Å². The molecule has 0 aliphatic carbocycles. The Morgan fingerprint density at radius 2 is 1.62 bits per heavy atom. The topological polar surface area (TPSA) is 51.8 Å². The van der Waals surface area contributed by atoms with Gasteiger partial charge in [0.15, 0.2) is 5.56 Å². The lowest BCUT2D eigenvalue weighted by Crippen LogP contribution is -2.16. The minimum atomic E-state index is -5.03. The van der Waals surface area contributed by atoms with Gasteiger partial charge in [0.25, 0.3) is 0 Å². The molecule has 8 heteroatoms. The molecule has 1 heterocycles. The van der Waals surface area contributed by atoms with Crippen LogP contribution in [0.2, 0.25) is 0 Å². The van der Waals surface area contributed by atoms with Gasteiger partial charge in [-0.3, -0.25) is 0 Å². The zero-order chi connectivity index (χ0) is 10.2. The molecule has 0 amide bonds. The zero-order valence-electron chi connectivity index (χ0n) is 5.86. The molecule has 0 bridgehead atoms. The van der Waals surface area contributed by atoms with Crippen molar-refractivity contribution in [1.82, 2.24) is 9.97 Å². The van der Waals surface area contributed by atoms with Gasteiger partial charge in [-0.25, -0.2) is 0 Å². The van der Waals surface area contributed by atoms with E-state index >= 15 is 0 Å². The molecule has 13 heavy (non-hydrogen) atoms. The third-order valence-corrected chi connectivity index (χ3v) is 1.15. The smallest absolute Gasteiger partial charge is 0.383 e. The second-order valence-electron chi connectivity index (χ2n) is 2.04. The van der Waals surface area contributed by atoms with E-state index in [1.54, 1.807) is 0 Å². The monoisotopic (exact) mass is 199 g/mol. The normalized spacial score (nSPS) is 11.8. The van der Waals surface area contributed by atoms with Gasteiger partial charge in [-0.05, 0) is 0 Å². The first-order valence-corrected chi connectivity index (χ1v) is 2.88. The summed E-state index contributed by atoms with van der Waals surface area (Å²) in [7, 11) is 0. The average Bonchev–Trinajstić information content (AvgIpc) is 1.78. The first-order valence-electron chi connectivity index (χ1n) is 2.88. The highest BCUT2D eigenvalue weighted by Crippen LogP contribution is 2.33. The van der Waals surface area contributed by atoms with Gasteiger partial charge in [-0.2, -0.15) is 31.9 Å². The molecule has 1 aromatic heterocycles. The molecule has 3 nitrogen and oxygen atoms in total. The number of hydrogen-bond donors (Lipinski definition) is 1. The van der Waals surface area contributed by atoms with Crippen molar-refractivity contribution in [2.45, 2.75) is 6.18 Å². The summed E-state index contributed by atoms with van der Waals surface area (Å²) in [6.07, 6.45) is -6.66. The molecule has 72 valence electrons. The molecule has 0 aliphatic rings. The lowest BCUT2D eigenvalue weighted by Gasteiger charge is -2.08. The number of nitrogen functional groups attached to an aromatic ring is 1. The summed E-state index contributed by atoms with van der Waals surface area (Å²) in [4.78, 5) is 4.80. The summed E-state index contributed by atoms with van der Waals surface area (Å²) >= 11 is 0. The average molecular weight is 199 g/mol. The van der Waals surface area contributed by atoms with Crippen molar-refractivity contribution < 1.29 is 22.0 Å². The zero-order valence-corrected chi connectivity index (χ0v) is 5.86. The second kappa shape index (κ2) is 2.79. The number of anilines is 1. The van der Waals surface area contributed by atoms with E-state index in [9.17, 15) is 22.0 Å². The van der Waals surface area contributed by atoms with E-state index in [1.807, 2.05) is 0 Å². The van der Waals surface area contributed by atoms with Crippen molar-refractivity contribution in [3.05, 3.63) is 17.6 Å². The number of nitrogens with zero attached hydrogens (tertiary/aromatic N) is 2. The fourth-order valence-corrected chi connectivity index (χ4v) is 0.685. The maximum Gasteiger partial charge on any atom is 0.424 e. The number of rotatable bonds is 0. The van der Waals surface area contributed by atoms with Crippen LogP contribution in [-0.2, 0) is 6.18 Å². The van der Waals surface area contributed by atoms with Crippen molar-refractivity contribution in [3.63, 3.8) is 0 Å². The van der Waals surface area contributed by atoms with Crippen LogP contribution in [-0.4, -0.2) is 9.97 Å². The fourth-order valence-electron chi connectivity index (χ4n) is 0.685. The number of halogens is 5. The third kappa shape index (κ3) is 1.82. The lowest BCUT2D eigenvalue weighted by atomic mass is 10.3. The molecule has 0 aromatic carbocycles. The molecule has 0 saturated heterocycles. The van der Waals surface area contributed by atoms with Gasteiger partial charge < -0.3 is 5.73 Å². The molecule has 1 rings (SSSR count). The Bertz CT molecular complexity index is 310. The first kappa shape index (κ1) is 9.62. The Morgan fingerprint density at radius 3 is 2.00 bits per heavy atom. The van der Waals surface area contributed by atoms with Crippen LogP contribution in [0.25, 0.3) is 0 Å². The van der Waals surface area contributed by atoms with Crippen molar-refractivity contribution in [2.75, 3.05) is 5.73 Å². The Kier molecular flexibility index (Phi) is 2.06. The summed E-state index contributed by atoms with van der Waals surface area (Å²) in [5.74, 6) is -3.28. The van der Waals surface area contributed by atoms with Gasteiger partial charge in [0.2, 0.25) is 5.95 Å². The molecule has 0 aliphatic heterocycles. The first-order chi connectivity index (χ1) is 5.82. The molecular weight excluding hydrogens is 197 g/mol. The van der Waals surface area contributed by atoms with Crippen molar-refractivity contribution in [2.24, 2.45) is 0 Å². The van der Waals surface area contributed by atoms with Crippen LogP contribution in [0.15, 0.2) is 0 Å². The maximum atomic E-state index is 12.4. The minimum absolute atomic E-state index is 1.27. The Morgan fingerprint density at radius 1 is 1.08 bits per heavy atom. The van der Waals surface area contributed by atoms with Crippen molar-refractivity contribution in [3.8, 4) is 0 Å². The molecule has 0 atom stereocenters. The SMILES string of the molecule is Nc1nc(F)nc(F)c1C(F)(F)F. The summed E-state index contributed by atoms with van der Waals surface area (Å²) in [5.41, 5.74) is 2.80. The van der Waals surface area contributed by atoms with E-state index in [0.29, 0.717) is 0 Å². The van der Waals surface area contributed by atoms with E-state index in [-0.39, 0.29) is 0 Å². The molecule has 0 fully saturated rings. The number of hydrogen-bond acceptors (Lipinski definition) is 3. The van der Waals surface area contributed by atoms with Gasteiger partial charge in [0.1, 0.15) is 5.82 Å². The van der Waals surface area contributed by atoms with Crippen molar-refractivity contribution in [1.29, 1.82) is 0 Å². The standard InChI is InChI=1S/C5H2F5N3/c6-2-1(5(8,9)10)3(11)13-4(7)12-2/h(H2,11,12,13). The molecule has 2 N–H and O–H groups in total. The van der Waals surface area contributed by atoms with Gasteiger partial charge in [-0.15, -0.1) is 0 Å². The van der Waals surface area contributed by atoms with Crippen LogP contribution in [0.3, 0.4) is 0 Å². The number of aromatic nitrogens is 2. The minimum Gasteiger partial charge on any atom is -0.383 e. The van der Waals surface area contributed by atoms with E-state index in [4.69, 9.17) is 0 Å². The Hall–Kier alpha value is -1.47. The predicted molar refractivity (Wildman–Crippen MR) is 31.4 cm³/mol. The van der Waals surface area contributed by atoms with Crippen LogP contribution < -0.4 is 5.73 Å². The van der Waals surface area contributed by atoms with Crippen LogP contribution >= 0.6 is 0 Å². The predicted octanol–water partition coefficient (Wildman–Crippen LogP) is 1.36. The van der Waals surface area contributed by atoms with Crippen LogP contribution in [0.5, 0.6) is 0 Å². The maximum absolute atomic E-state index is 12.4. The highest BCUT2D eigenvalue weighted by Gasteiger charge is 2.38. The fraction of sp³-hybridized carbons (Fsp3) is 0.200. The number of alkyl halides is 3. The Labute approximate surface area is 68.4 Å². The van der Waals surface area contributed by atoms with Gasteiger partial charge in [-0.1, -0.05) is 0 Å². The highest BCUT2D eigenvalue weighted by atomic mass is 19.4. The third-order valence-electron chi connectivity index (χ3n) is 1.15. The summed E-state index contributed by atoms with van der Waals surface area (Å²) < 4.78 is 60.3. The molecule has 0 saturated carbocycles. The van der Waals surface area contributed by atoms with Crippen molar-refractivity contribution >= 4 is 5.82 Å². The summed E-state index contributed by atoms with van der Waals surface area (Å²) in [6, 6.07) is 0. The highest BCUT2D eigenvalue weighted by molar-refractivity contribution is 5.39. The van der Waals surface area contributed by atoms with Crippen LogP contribution in [0.1, 0.15) is 5.56 Å². The molecule has 0 spiro atoms. The lowest BCUT2D eigenvalue weighted by molar-refractivity contribution is -0.140. The van der Waals surface area contributed by atoms with Crippen LogP contribution in [0.4, 0.5) is 27.8 Å². The summed E-state index contributed by atoms with van der Waals surface area (Å²) in [6.45, 7) is 0. The number of nitrogens with two attached hydrogens (primary N) is 1. The largest absolute Gasteiger partial charge is 0.424 e. The van der Waals surface area contributed by atoms with E-state index in [2.05, 4.69) is 15.7 Å². The second-order valence-corrected chi connectivity index (χ2v) is 2.04. The van der Waals surface area contributed by atoms with Gasteiger partial charge >= 0.3 is 12.3 Å². The van der Waals surface area contributed by atoms with E-state index < -0.39 is 29.6 Å². The molecule has 1 aromatic rings. The molecule has 0 radical (unpaired) electrons. The molecule has 0 unspecified atom stereocenters. The molecular formula is C5H2F5N3.